The van der Waals surface area contributed by atoms with Crippen molar-refractivity contribution in [2.75, 3.05) is 45.1 Å². The van der Waals surface area contributed by atoms with Crippen molar-refractivity contribution < 1.29 is 9.59 Å². The summed E-state index contributed by atoms with van der Waals surface area (Å²) in [6, 6.07) is 13.6. The number of H-pyrrole nitrogens is 1. The summed E-state index contributed by atoms with van der Waals surface area (Å²) in [4.78, 5) is 42.3. The zero-order valence-corrected chi connectivity index (χ0v) is 23.9. The summed E-state index contributed by atoms with van der Waals surface area (Å²) in [5, 5.41) is 15.8. The second kappa shape index (κ2) is 10.9. The predicted molar refractivity (Wildman–Crippen MR) is 163 cm³/mol. The highest BCUT2D eigenvalue weighted by atomic mass is 16.2. The van der Waals surface area contributed by atoms with Crippen molar-refractivity contribution in [3.05, 3.63) is 92.9 Å². The number of anilines is 1. The van der Waals surface area contributed by atoms with Gasteiger partial charge < -0.3 is 20.4 Å². The first kappa shape index (κ1) is 26.6. The SMILES string of the molecule is CNCC1=CC=C(C2Nc3cccc4c(=O)[nH]nc(c34)C2c2ccc(C(=O)N3CCN(C(=O)C4CC4)CC3)cc2)CC1. The highest BCUT2D eigenvalue weighted by Crippen LogP contribution is 2.43. The number of hydrogen-bond acceptors (Lipinski definition) is 6. The Bertz CT molecular complexity index is 1660. The van der Waals surface area contributed by atoms with Gasteiger partial charge in [0, 0.05) is 55.3 Å². The molecule has 1 saturated carbocycles. The maximum Gasteiger partial charge on any atom is 0.272 e. The topological polar surface area (TPSA) is 110 Å². The minimum Gasteiger partial charge on any atom is -0.377 e. The molecule has 7 rings (SSSR count). The molecule has 2 unspecified atom stereocenters. The Hall–Kier alpha value is -4.24. The first-order valence-electron chi connectivity index (χ1n) is 15.0. The lowest BCUT2D eigenvalue weighted by atomic mass is 9.77. The number of amides is 2. The van der Waals surface area contributed by atoms with Gasteiger partial charge in [-0.05, 0) is 68.1 Å². The summed E-state index contributed by atoms with van der Waals surface area (Å²) in [6.07, 6.45) is 8.35. The Morgan fingerprint density at radius 3 is 2.43 bits per heavy atom. The molecule has 9 nitrogen and oxygen atoms in total. The number of aromatic nitrogens is 2. The molecule has 3 aromatic rings. The monoisotopic (exact) mass is 564 g/mol. The molecule has 3 heterocycles. The third-order valence-electron chi connectivity index (χ3n) is 9.18. The number of benzene rings is 2. The summed E-state index contributed by atoms with van der Waals surface area (Å²) in [5.41, 5.74) is 5.88. The van der Waals surface area contributed by atoms with Gasteiger partial charge in [-0.3, -0.25) is 14.4 Å². The average Bonchev–Trinajstić information content (AvgIpc) is 3.88. The van der Waals surface area contributed by atoms with E-state index >= 15 is 0 Å². The molecule has 9 heteroatoms. The molecular formula is C33H36N6O3. The van der Waals surface area contributed by atoms with Gasteiger partial charge in [0.1, 0.15) is 0 Å². The van der Waals surface area contributed by atoms with E-state index in [0.717, 1.165) is 54.6 Å². The molecule has 3 N–H and O–H groups in total. The molecule has 2 aliphatic heterocycles. The molecule has 2 amide bonds. The summed E-state index contributed by atoms with van der Waals surface area (Å²) in [5.74, 6) is 0.297. The minimum atomic E-state index is -0.203. The van der Waals surface area contributed by atoms with Crippen LogP contribution < -0.4 is 16.2 Å². The normalized spacial score (nSPS) is 21.9. The number of carbonyl (C=O) groups is 2. The molecule has 2 atom stereocenters. The quantitative estimate of drug-likeness (QED) is 0.423. The molecule has 0 spiro atoms. The zero-order chi connectivity index (χ0) is 28.8. The fraction of sp³-hybridized carbons (Fsp3) is 0.394. The number of hydrogen-bond donors (Lipinski definition) is 3. The number of likely N-dealkylation sites (N-methyl/N-ethyl adjacent to an activating group) is 1. The van der Waals surface area contributed by atoms with Crippen LogP contribution in [-0.4, -0.2) is 77.6 Å². The molecule has 1 aromatic heterocycles. The first-order chi connectivity index (χ1) is 20.5. The van der Waals surface area contributed by atoms with Crippen LogP contribution >= 0.6 is 0 Å². The fourth-order valence-corrected chi connectivity index (χ4v) is 6.72. The summed E-state index contributed by atoms with van der Waals surface area (Å²) < 4.78 is 0. The molecule has 42 heavy (non-hydrogen) atoms. The maximum absolute atomic E-state index is 13.4. The summed E-state index contributed by atoms with van der Waals surface area (Å²) >= 11 is 0. The van der Waals surface area contributed by atoms with Gasteiger partial charge in [-0.15, -0.1) is 0 Å². The Balaban J connectivity index is 1.18. The van der Waals surface area contributed by atoms with Crippen LogP contribution in [0.3, 0.4) is 0 Å². The standard InChI is InChI=1S/C33H36N6O3/c1-34-19-20-5-7-22(8-6-20)29-27(30-28-25(31(40)37-36-30)3-2-4-26(28)35-29)21-9-11-23(12-10-21)32(41)38-15-17-39(18-16-38)33(42)24-13-14-24/h2-5,7,9-12,24,27,29,34-35H,6,8,13-19H2,1H3,(H,37,40). The summed E-state index contributed by atoms with van der Waals surface area (Å²) in [7, 11) is 1.97. The van der Waals surface area contributed by atoms with Gasteiger partial charge in [-0.25, -0.2) is 5.10 Å². The lowest BCUT2D eigenvalue weighted by Crippen LogP contribution is -2.51. The van der Waals surface area contributed by atoms with Gasteiger partial charge in [-0.2, -0.15) is 5.10 Å². The minimum absolute atomic E-state index is 0.00881. The van der Waals surface area contributed by atoms with E-state index in [1.165, 1.54) is 11.1 Å². The van der Waals surface area contributed by atoms with Crippen LogP contribution in [0, 0.1) is 5.92 Å². The van der Waals surface area contributed by atoms with E-state index in [2.05, 4.69) is 33.0 Å². The van der Waals surface area contributed by atoms with Crippen LogP contribution in [0.5, 0.6) is 0 Å². The van der Waals surface area contributed by atoms with Crippen LogP contribution in [0.25, 0.3) is 10.8 Å². The molecule has 0 bridgehead atoms. The van der Waals surface area contributed by atoms with Gasteiger partial charge >= 0.3 is 0 Å². The van der Waals surface area contributed by atoms with E-state index in [9.17, 15) is 14.4 Å². The van der Waals surface area contributed by atoms with Crippen LogP contribution in [0.15, 0.2) is 70.6 Å². The third-order valence-corrected chi connectivity index (χ3v) is 9.18. The number of rotatable bonds is 6. The lowest BCUT2D eigenvalue weighted by Gasteiger charge is -2.37. The highest BCUT2D eigenvalue weighted by Gasteiger charge is 2.37. The number of piperazine rings is 1. The van der Waals surface area contributed by atoms with E-state index in [0.29, 0.717) is 37.1 Å². The Morgan fingerprint density at radius 1 is 0.976 bits per heavy atom. The second-order valence-electron chi connectivity index (χ2n) is 11.9. The van der Waals surface area contributed by atoms with Crippen molar-refractivity contribution >= 4 is 28.3 Å². The van der Waals surface area contributed by atoms with Gasteiger partial charge in [0.05, 0.1) is 23.0 Å². The Kier molecular flexibility index (Phi) is 6.90. The lowest BCUT2D eigenvalue weighted by molar-refractivity contribution is -0.134. The van der Waals surface area contributed by atoms with Gasteiger partial charge in [0.15, 0.2) is 0 Å². The molecule has 4 aliphatic rings. The molecule has 2 fully saturated rings. The third kappa shape index (κ3) is 4.81. The smallest absolute Gasteiger partial charge is 0.272 e. The van der Waals surface area contributed by atoms with Gasteiger partial charge in [-0.1, -0.05) is 35.9 Å². The fourth-order valence-electron chi connectivity index (χ4n) is 6.72. The molecule has 1 saturated heterocycles. The zero-order valence-electron chi connectivity index (χ0n) is 23.9. The Morgan fingerprint density at radius 2 is 1.74 bits per heavy atom. The van der Waals surface area contributed by atoms with Crippen molar-refractivity contribution in [1.29, 1.82) is 0 Å². The average molecular weight is 565 g/mol. The molecule has 2 aliphatic carbocycles. The molecular weight excluding hydrogens is 528 g/mol. The molecule has 2 aromatic carbocycles. The second-order valence-corrected chi connectivity index (χ2v) is 11.9. The van der Waals surface area contributed by atoms with Crippen molar-refractivity contribution in [3.8, 4) is 0 Å². The van der Waals surface area contributed by atoms with Crippen LogP contribution in [0.2, 0.25) is 0 Å². The van der Waals surface area contributed by atoms with Crippen LogP contribution in [-0.2, 0) is 4.79 Å². The van der Waals surface area contributed by atoms with Crippen molar-refractivity contribution in [1.82, 2.24) is 25.3 Å². The maximum atomic E-state index is 13.4. The van der Waals surface area contributed by atoms with Crippen LogP contribution in [0.1, 0.15) is 53.2 Å². The predicted octanol–water partition coefficient (Wildman–Crippen LogP) is 3.41. The number of nitrogens with zero attached hydrogens (tertiary/aromatic N) is 3. The van der Waals surface area contributed by atoms with E-state index in [4.69, 9.17) is 0 Å². The van der Waals surface area contributed by atoms with E-state index < -0.39 is 0 Å². The highest BCUT2D eigenvalue weighted by molar-refractivity contribution is 5.98. The number of aromatic amines is 1. The largest absolute Gasteiger partial charge is 0.377 e. The molecule has 216 valence electrons. The number of allylic oxidation sites excluding steroid dienone is 2. The summed E-state index contributed by atoms with van der Waals surface area (Å²) in [6.45, 7) is 3.18. The molecule has 0 radical (unpaired) electrons. The Labute approximate surface area is 244 Å². The van der Waals surface area contributed by atoms with E-state index in [1.807, 2.05) is 59.3 Å². The van der Waals surface area contributed by atoms with Crippen LogP contribution in [0.4, 0.5) is 5.69 Å². The first-order valence-corrected chi connectivity index (χ1v) is 15.0. The van der Waals surface area contributed by atoms with Crippen molar-refractivity contribution in [2.24, 2.45) is 5.92 Å². The van der Waals surface area contributed by atoms with E-state index in [-0.39, 0.29) is 35.3 Å². The number of carbonyl (C=O) groups excluding carboxylic acids is 2. The van der Waals surface area contributed by atoms with Gasteiger partial charge in [0.2, 0.25) is 5.91 Å². The number of nitrogens with one attached hydrogen (secondary N) is 3. The van der Waals surface area contributed by atoms with Crippen molar-refractivity contribution in [3.63, 3.8) is 0 Å². The van der Waals surface area contributed by atoms with Gasteiger partial charge in [0.25, 0.3) is 11.5 Å². The van der Waals surface area contributed by atoms with Crippen molar-refractivity contribution in [2.45, 2.75) is 37.6 Å². The van der Waals surface area contributed by atoms with E-state index in [1.54, 1.807) is 0 Å².